The predicted molar refractivity (Wildman–Crippen MR) is 162 cm³/mol. The summed E-state index contributed by atoms with van der Waals surface area (Å²) in [6.45, 7) is 6.68. The molecule has 1 aromatic heterocycles. The van der Waals surface area contributed by atoms with E-state index in [-0.39, 0.29) is 35.2 Å². The van der Waals surface area contributed by atoms with Crippen molar-refractivity contribution in [1.82, 2.24) is 4.90 Å². The van der Waals surface area contributed by atoms with Crippen LogP contribution in [0.2, 0.25) is 0 Å². The molecule has 1 saturated heterocycles. The Hall–Kier alpha value is -1.70. The molecule has 0 atom stereocenters. The molecule has 2 heterocycles. The third-order valence-electron chi connectivity index (χ3n) is 8.15. The quantitative estimate of drug-likeness (QED) is 0.125. The second-order valence-corrected chi connectivity index (χ2v) is 11.6. The van der Waals surface area contributed by atoms with Gasteiger partial charge in [0.1, 0.15) is 0 Å². The number of hydrogen-bond donors (Lipinski definition) is 1. The number of phenolic OH excluding ortho intramolecular Hbond substituents is 1. The molecule has 7 heteroatoms. The molecule has 0 unspecified atom stereocenters. The number of carbonyl (C=O) groups excluding carboxylic acids is 1. The molecule has 1 aliphatic heterocycles. The maximum atomic E-state index is 12.6. The highest BCUT2D eigenvalue weighted by molar-refractivity contribution is 5.83. The molecule has 6 nitrogen and oxygen atoms in total. The van der Waals surface area contributed by atoms with Gasteiger partial charge >= 0.3 is 5.97 Å². The van der Waals surface area contributed by atoms with Gasteiger partial charge in [0.25, 0.3) is 5.52 Å². The Morgan fingerprint density at radius 2 is 1.41 bits per heavy atom. The van der Waals surface area contributed by atoms with Gasteiger partial charge in [-0.05, 0) is 18.6 Å². The third kappa shape index (κ3) is 13.9. The van der Waals surface area contributed by atoms with Crippen molar-refractivity contribution in [1.29, 1.82) is 0 Å². The normalized spacial score (nSPS) is 13.8. The lowest BCUT2D eigenvalue weighted by Crippen LogP contribution is -3.00. The average Bonchev–Trinajstić information content (AvgIpc) is 2.97. The summed E-state index contributed by atoms with van der Waals surface area (Å²) in [5.41, 5.74) is 1.56. The van der Waals surface area contributed by atoms with Crippen molar-refractivity contribution in [2.24, 2.45) is 0 Å². The number of benzene rings is 1. The lowest BCUT2D eigenvalue weighted by Gasteiger charge is -2.26. The molecule has 0 saturated carbocycles. The number of aromatic nitrogens is 1. The van der Waals surface area contributed by atoms with Crippen molar-refractivity contribution >= 4 is 16.9 Å². The van der Waals surface area contributed by atoms with Crippen molar-refractivity contribution in [2.45, 2.75) is 123 Å². The molecule has 0 spiro atoms. The van der Waals surface area contributed by atoms with E-state index in [1.54, 1.807) is 0 Å². The van der Waals surface area contributed by atoms with Crippen LogP contribution in [0.3, 0.4) is 0 Å². The molecule has 1 fully saturated rings. The average molecular weight is 636 g/mol. The first-order chi connectivity index (χ1) is 19.7. The van der Waals surface area contributed by atoms with E-state index in [4.69, 9.17) is 9.47 Å². The first-order valence-corrected chi connectivity index (χ1v) is 16.3. The first-order valence-electron chi connectivity index (χ1n) is 16.3. The van der Waals surface area contributed by atoms with Gasteiger partial charge in [-0.1, -0.05) is 109 Å². The number of halogens is 1. The van der Waals surface area contributed by atoms with Gasteiger partial charge in [0.2, 0.25) is 6.54 Å². The molecular weight excluding hydrogens is 580 g/mol. The minimum atomic E-state index is -0.253. The smallest absolute Gasteiger partial charge is 0.372 e. The van der Waals surface area contributed by atoms with Crippen LogP contribution in [0.25, 0.3) is 10.9 Å². The molecule has 232 valence electrons. The largest absolute Gasteiger partial charge is 1.00 e. The van der Waals surface area contributed by atoms with Crippen LogP contribution in [-0.4, -0.2) is 48.9 Å². The summed E-state index contributed by atoms with van der Waals surface area (Å²) < 4.78 is 12.8. The number of nitrogens with zero attached hydrogens (tertiary/aromatic N) is 2. The van der Waals surface area contributed by atoms with E-state index in [1.165, 1.54) is 89.9 Å². The van der Waals surface area contributed by atoms with Crippen molar-refractivity contribution in [3.63, 3.8) is 0 Å². The number of rotatable bonds is 21. The Bertz CT molecular complexity index is 981. The number of phenols is 1. The molecule has 2 aromatic rings. The Morgan fingerprint density at radius 1 is 0.854 bits per heavy atom. The van der Waals surface area contributed by atoms with E-state index in [0.29, 0.717) is 18.7 Å². The van der Waals surface area contributed by atoms with Gasteiger partial charge in [-0.3, -0.25) is 4.90 Å². The summed E-state index contributed by atoms with van der Waals surface area (Å²) in [7, 11) is 0. The highest BCUT2D eigenvalue weighted by Gasteiger charge is 2.21. The lowest BCUT2D eigenvalue weighted by atomic mass is 10.0. The zero-order valence-corrected chi connectivity index (χ0v) is 27.2. The Labute approximate surface area is 259 Å². The van der Waals surface area contributed by atoms with Crippen LogP contribution < -0.4 is 21.5 Å². The van der Waals surface area contributed by atoms with Crippen molar-refractivity contribution in [2.75, 3.05) is 32.9 Å². The summed E-state index contributed by atoms with van der Waals surface area (Å²) in [6.07, 6.45) is 23.1. The summed E-state index contributed by atoms with van der Waals surface area (Å²) in [5, 5.41) is 12.0. The molecule has 1 N–H and O–H groups in total. The highest BCUT2D eigenvalue weighted by atomic mass is 79.9. The number of morpholine rings is 1. The minimum Gasteiger partial charge on any atom is -1.00 e. The number of unbranched alkanes of at least 4 members (excludes halogenated alkanes) is 15. The fourth-order valence-electron chi connectivity index (χ4n) is 5.68. The number of carbonyl (C=O) groups is 1. The van der Waals surface area contributed by atoms with Crippen molar-refractivity contribution in [3.05, 3.63) is 36.0 Å². The molecule has 0 amide bonds. The SMILES string of the molecule is CCCCCCCCCCCCCCCCCCOC(=O)C[n+]1cccc2ccc(CN3CCOCC3)c(O)c21.[Br-]. The molecule has 3 rings (SSSR count). The molecule has 0 aliphatic carbocycles. The Kier molecular flexibility index (Phi) is 19.0. The number of aromatic hydroxyl groups is 1. The standard InChI is InChI=1S/C34H54N2O4.BrH/c1-2-3-4-5-6-7-8-9-10-11-12-13-14-15-16-17-25-40-32(37)29-36-22-18-19-30-20-21-31(34(38)33(30)36)28-35-23-26-39-27-24-35;/h18-22H,2-17,23-29H2,1H3;1H. The highest BCUT2D eigenvalue weighted by Crippen LogP contribution is 2.27. The van der Waals surface area contributed by atoms with E-state index >= 15 is 0 Å². The van der Waals surface area contributed by atoms with E-state index < -0.39 is 0 Å². The monoisotopic (exact) mass is 634 g/mol. The van der Waals surface area contributed by atoms with Gasteiger partial charge in [0, 0.05) is 31.3 Å². The van der Waals surface area contributed by atoms with E-state index in [1.807, 2.05) is 35.0 Å². The molecule has 0 bridgehead atoms. The molecular formula is C34H55BrN2O4. The number of pyridine rings is 1. The fourth-order valence-corrected chi connectivity index (χ4v) is 5.68. The Morgan fingerprint density at radius 3 is 2.00 bits per heavy atom. The second kappa shape index (κ2) is 21.9. The van der Waals surface area contributed by atoms with E-state index in [9.17, 15) is 9.90 Å². The number of fused-ring (bicyclic) bond motifs is 1. The number of esters is 1. The maximum absolute atomic E-state index is 12.6. The van der Waals surface area contributed by atoms with Crippen LogP contribution in [0, 0.1) is 0 Å². The van der Waals surface area contributed by atoms with Crippen LogP contribution in [0.15, 0.2) is 30.5 Å². The number of hydrogen-bond acceptors (Lipinski definition) is 5. The second-order valence-electron chi connectivity index (χ2n) is 11.6. The molecule has 0 radical (unpaired) electrons. The van der Waals surface area contributed by atoms with E-state index in [0.717, 1.165) is 50.1 Å². The number of ether oxygens (including phenoxy) is 2. The van der Waals surface area contributed by atoms with Gasteiger partial charge in [-0.25, -0.2) is 4.79 Å². The predicted octanol–water partition coefficient (Wildman–Crippen LogP) is 4.47. The van der Waals surface area contributed by atoms with E-state index in [2.05, 4.69) is 11.8 Å². The molecule has 41 heavy (non-hydrogen) atoms. The fraction of sp³-hybridized carbons (Fsp3) is 0.706. The van der Waals surface area contributed by atoms with Crippen LogP contribution in [0.5, 0.6) is 5.75 Å². The zero-order valence-electron chi connectivity index (χ0n) is 25.6. The third-order valence-corrected chi connectivity index (χ3v) is 8.15. The summed E-state index contributed by atoms with van der Waals surface area (Å²) in [5.74, 6) is -0.00774. The van der Waals surface area contributed by atoms with Crippen LogP contribution in [0.1, 0.15) is 115 Å². The van der Waals surface area contributed by atoms with Gasteiger partial charge in [0.05, 0.1) is 25.2 Å². The zero-order chi connectivity index (χ0) is 28.3. The molecule has 1 aliphatic rings. The van der Waals surface area contributed by atoms with Crippen LogP contribution >= 0.6 is 0 Å². The van der Waals surface area contributed by atoms with Crippen molar-refractivity contribution in [3.8, 4) is 5.75 Å². The first kappa shape index (κ1) is 35.5. The van der Waals surface area contributed by atoms with Crippen LogP contribution in [-0.2, 0) is 27.4 Å². The van der Waals surface area contributed by atoms with Crippen LogP contribution in [0.4, 0.5) is 0 Å². The summed E-state index contributed by atoms with van der Waals surface area (Å²) in [6, 6.07) is 7.87. The van der Waals surface area contributed by atoms with Gasteiger partial charge < -0.3 is 31.6 Å². The van der Waals surface area contributed by atoms with Gasteiger partial charge in [-0.2, -0.15) is 4.57 Å². The Balaban J connectivity index is 0.00000588. The topological polar surface area (TPSA) is 62.9 Å². The van der Waals surface area contributed by atoms with Crippen molar-refractivity contribution < 1.29 is 40.9 Å². The summed E-state index contributed by atoms with van der Waals surface area (Å²) in [4.78, 5) is 14.9. The summed E-state index contributed by atoms with van der Waals surface area (Å²) >= 11 is 0. The molecule has 1 aromatic carbocycles. The maximum Gasteiger partial charge on any atom is 0.372 e. The van der Waals surface area contributed by atoms with Gasteiger partial charge in [0.15, 0.2) is 11.9 Å². The van der Waals surface area contributed by atoms with Gasteiger partial charge in [-0.15, -0.1) is 0 Å². The minimum absolute atomic E-state index is 0. The lowest BCUT2D eigenvalue weighted by molar-refractivity contribution is -0.660.